The molecular weight excluding hydrogens is 1440 g/mol. The maximum absolute atomic E-state index is 10.0. The largest absolute Gasteiger partial charge is 0.512 e. The maximum atomic E-state index is 10.0. The average molecular weight is 1510 g/mol. The molecule has 12 heteroatoms. The van der Waals surface area contributed by atoms with Gasteiger partial charge in [0.15, 0.2) is 11.6 Å². The summed E-state index contributed by atoms with van der Waals surface area (Å²) in [6.45, 7) is 23.9. The van der Waals surface area contributed by atoms with Gasteiger partial charge in [0.05, 0.1) is 32.1 Å². The van der Waals surface area contributed by atoms with Gasteiger partial charge in [-0.15, -0.1) is 59.1 Å². The molecule has 0 spiro atoms. The molecule has 84 heavy (non-hydrogen) atoms. The van der Waals surface area contributed by atoms with Crippen LogP contribution in [-0.4, -0.2) is 31.7 Å². The first kappa shape index (κ1) is 64.4. The molecule has 2 N–H and O–H groups in total. The van der Waals surface area contributed by atoms with Crippen molar-refractivity contribution in [3.63, 3.8) is 0 Å². The van der Waals surface area contributed by atoms with E-state index in [1.54, 1.807) is 11.3 Å². The number of hydrogen-bond acceptors (Lipinski definition) is 10. The van der Waals surface area contributed by atoms with Crippen LogP contribution in [0, 0.1) is 12.1 Å². The number of nitrogens with zero attached hydrogens (tertiary/aromatic N) is 2. The SMILES string of the molecule is CC(=O)C=C(C)O.CC(=O)C=C(C)O.CC(C)c1cc(-c2cc3cc(-c4[c-]ccc5c4oc4ccccc45)ncc3s2)cc(C(C)C)c1.CC(C)c1cccc(C(C)C)c1-c1cc2cc(-c3[c-]ccc4c3oc3ccccc34)ncc2s1.[Ir].[Ir]. The Morgan fingerprint density at radius 1 is 0.500 bits per heavy atom. The number of aliphatic hydroxyl groups excluding tert-OH is 2. The Balaban J connectivity index is 0.000000193. The van der Waals surface area contributed by atoms with E-state index < -0.39 is 0 Å². The summed E-state index contributed by atoms with van der Waals surface area (Å²) in [6, 6.07) is 54.0. The summed E-state index contributed by atoms with van der Waals surface area (Å²) in [4.78, 5) is 32.3. The third-order valence-electron chi connectivity index (χ3n) is 14.0. The Hall–Kier alpha value is -7.14. The molecule has 0 saturated heterocycles. The molecule has 434 valence electrons. The van der Waals surface area contributed by atoms with Gasteiger partial charge >= 0.3 is 0 Å². The summed E-state index contributed by atoms with van der Waals surface area (Å²) in [5, 5.41) is 23.6. The molecule has 6 aromatic carbocycles. The van der Waals surface area contributed by atoms with E-state index in [0.29, 0.717) is 23.7 Å². The fraction of sp³-hybridized carbons (Fsp3) is 0.222. The second kappa shape index (κ2) is 28.2. The zero-order valence-corrected chi connectivity index (χ0v) is 55.6. The van der Waals surface area contributed by atoms with Crippen LogP contribution < -0.4 is 0 Å². The predicted molar refractivity (Wildman–Crippen MR) is 344 cm³/mol. The van der Waals surface area contributed by atoms with Gasteiger partial charge in [0.1, 0.15) is 11.2 Å². The van der Waals surface area contributed by atoms with Crippen LogP contribution >= 0.6 is 22.7 Å². The third kappa shape index (κ3) is 14.7. The van der Waals surface area contributed by atoms with Crippen LogP contribution in [-0.2, 0) is 49.8 Å². The molecule has 6 heterocycles. The summed E-state index contributed by atoms with van der Waals surface area (Å²) < 4.78 is 14.9. The number of carbonyl (C=O) groups excluding carboxylic acids is 2. The summed E-state index contributed by atoms with van der Waals surface area (Å²) in [5.41, 5.74) is 15.4. The first-order chi connectivity index (χ1) is 39.2. The topological polar surface area (TPSA) is 127 Å². The van der Waals surface area contributed by atoms with Crippen molar-refractivity contribution in [2.75, 3.05) is 0 Å². The number of benzene rings is 6. The number of fused-ring (bicyclic) bond motifs is 8. The van der Waals surface area contributed by atoms with Crippen molar-refractivity contribution >= 4 is 98.3 Å². The minimum Gasteiger partial charge on any atom is -0.512 e. The van der Waals surface area contributed by atoms with Gasteiger partial charge in [0.25, 0.3) is 0 Å². The fourth-order valence-corrected chi connectivity index (χ4v) is 12.2. The van der Waals surface area contributed by atoms with Crippen LogP contribution in [0.5, 0.6) is 0 Å². The molecule has 0 aliphatic carbocycles. The van der Waals surface area contributed by atoms with Gasteiger partial charge in [0, 0.05) is 85.3 Å². The molecule has 0 saturated carbocycles. The monoisotopic (exact) mass is 1510 g/mol. The number of allylic oxidation sites excluding steroid dienone is 4. The van der Waals surface area contributed by atoms with Crippen molar-refractivity contribution in [2.45, 2.75) is 107 Å². The molecule has 12 rings (SSSR count). The van der Waals surface area contributed by atoms with Crippen LogP contribution in [0.1, 0.15) is 129 Å². The van der Waals surface area contributed by atoms with E-state index >= 15 is 0 Å². The van der Waals surface area contributed by atoms with E-state index in [2.05, 4.69) is 152 Å². The van der Waals surface area contributed by atoms with E-state index in [-0.39, 0.29) is 63.3 Å². The molecule has 0 amide bonds. The second-order valence-electron chi connectivity index (χ2n) is 21.9. The normalized spacial score (nSPS) is 11.7. The number of ketones is 2. The molecule has 0 bridgehead atoms. The molecule has 12 aromatic rings. The van der Waals surface area contributed by atoms with Gasteiger partial charge in [-0.3, -0.25) is 9.59 Å². The number of pyridine rings is 2. The van der Waals surface area contributed by atoms with Gasteiger partial charge in [-0.05, 0) is 131 Å². The van der Waals surface area contributed by atoms with Crippen molar-refractivity contribution in [2.24, 2.45) is 0 Å². The van der Waals surface area contributed by atoms with Gasteiger partial charge in [0.2, 0.25) is 0 Å². The molecule has 2 radical (unpaired) electrons. The smallest absolute Gasteiger partial charge is 0.155 e. The first-order valence-corrected chi connectivity index (χ1v) is 29.4. The Morgan fingerprint density at radius 3 is 1.31 bits per heavy atom. The zero-order valence-electron chi connectivity index (χ0n) is 49.2. The van der Waals surface area contributed by atoms with Crippen molar-refractivity contribution in [3.8, 4) is 43.4 Å². The quantitative estimate of drug-likeness (QED) is 0.0788. The van der Waals surface area contributed by atoms with Gasteiger partial charge in [-0.2, -0.15) is 0 Å². The first-order valence-electron chi connectivity index (χ1n) is 27.7. The third-order valence-corrected chi connectivity index (χ3v) is 16.3. The predicted octanol–water partition coefficient (Wildman–Crippen LogP) is 21.2. The molecule has 0 fully saturated rings. The fourth-order valence-electron chi connectivity index (χ4n) is 10.1. The molecule has 8 nitrogen and oxygen atoms in total. The van der Waals surface area contributed by atoms with E-state index in [4.69, 9.17) is 29.0 Å². The van der Waals surface area contributed by atoms with Crippen molar-refractivity contribution < 1.29 is 68.8 Å². The summed E-state index contributed by atoms with van der Waals surface area (Å²) >= 11 is 3.64. The van der Waals surface area contributed by atoms with E-state index in [0.717, 1.165) is 66.4 Å². The number of hydrogen-bond donors (Lipinski definition) is 2. The number of para-hydroxylation sites is 2. The Kier molecular flexibility index (Phi) is 21.6. The van der Waals surface area contributed by atoms with Crippen LogP contribution in [0.3, 0.4) is 0 Å². The molecule has 0 aliphatic rings. The minimum atomic E-state index is -0.125. The van der Waals surface area contributed by atoms with E-state index in [9.17, 15) is 9.59 Å². The molecule has 0 unspecified atom stereocenters. The van der Waals surface area contributed by atoms with Crippen LogP contribution in [0.4, 0.5) is 0 Å². The molecule has 6 aromatic heterocycles. The van der Waals surface area contributed by atoms with Crippen LogP contribution in [0.25, 0.3) is 107 Å². The summed E-state index contributed by atoms with van der Waals surface area (Å²) in [7, 11) is 0. The molecular formula is C72H68Ir2N2O6S2-2. The number of thiophene rings is 2. The van der Waals surface area contributed by atoms with Crippen molar-refractivity contribution in [1.29, 1.82) is 0 Å². The van der Waals surface area contributed by atoms with Crippen LogP contribution in [0.15, 0.2) is 178 Å². The standard InChI is InChI=1S/2C31H26NOS.2C5H8O2.2Ir/c1-18(2)21-10-7-11-22(19(3)4)30(21)28-16-20-15-26(32-17-29(20)34-28)25-13-8-12-24-23-9-5-6-14-27(23)33-31(24)25;1-18(2)20-12-21(19(3)4)14-22(13-20)29-16-23-15-27(32-17-30(23)34-29)26-10-7-9-25-24-8-5-6-11-28(24)33-31(25)26;2*1-4(6)3-5(2)7;;/h5-12,14-19H,1-4H3;5-9,11-19H,1-4H3;2*3,6H,1-2H3;;/q2*-1;;;;. The number of aliphatic hydroxyl groups is 2. The molecule has 0 atom stereocenters. The zero-order chi connectivity index (χ0) is 58.5. The van der Waals surface area contributed by atoms with Crippen molar-refractivity contribution in [1.82, 2.24) is 9.97 Å². The Bertz CT molecular complexity index is 4290. The number of furan rings is 2. The number of aromatic nitrogens is 2. The van der Waals surface area contributed by atoms with E-state index in [1.165, 1.54) is 103 Å². The van der Waals surface area contributed by atoms with Crippen LogP contribution in [0.2, 0.25) is 0 Å². The second-order valence-corrected chi connectivity index (χ2v) is 24.1. The Morgan fingerprint density at radius 2 is 0.917 bits per heavy atom. The summed E-state index contributed by atoms with van der Waals surface area (Å²) in [5.74, 6) is 1.81. The Labute approximate surface area is 527 Å². The minimum absolute atomic E-state index is 0. The van der Waals surface area contributed by atoms with Gasteiger partial charge < -0.3 is 29.0 Å². The van der Waals surface area contributed by atoms with E-state index in [1.807, 2.05) is 72.3 Å². The van der Waals surface area contributed by atoms with Crippen molar-refractivity contribution in [3.05, 3.63) is 204 Å². The maximum Gasteiger partial charge on any atom is 0.155 e. The number of rotatable bonds is 10. The number of carbonyl (C=O) groups is 2. The van der Waals surface area contributed by atoms with Gasteiger partial charge in [-0.1, -0.05) is 162 Å². The van der Waals surface area contributed by atoms with Gasteiger partial charge in [-0.25, -0.2) is 0 Å². The summed E-state index contributed by atoms with van der Waals surface area (Å²) in [6.07, 6.45) is 6.32. The molecule has 0 aliphatic heterocycles. The average Bonchev–Trinajstić information content (AvgIpc) is 3.60.